The molecule has 4 nitrogen and oxygen atoms in total. The van der Waals surface area contributed by atoms with Crippen molar-refractivity contribution in [2.24, 2.45) is 5.73 Å². The fraction of sp³-hybridized carbons (Fsp3) is 0.857. The largest absolute Gasteiger partial charge is 0.370 e. The average Bonchev–Trinajstić information content (AvgIpc) is 2.03. The molecule has 0 bridgehead atoms. The third-order valence-corrected chi connectivity index (χ3v) is 1.33. The Morgan fingerprint density at radius 3 is 2.69 bits per heavy atom. The van der Waals surface area contributed by atoms with Crippen molar-refractivity contribution in [2.45, 2.75) is 6.43 Å². The second-order valence-corrected chi connectivity index (χ2v) is 2.51. The molecule has 0 aromatic heterocycles. The number of rotatable bonds is 6. The van der Waals surface area contributed by atoms with Crippen molar-refractivity contribution in [3.8, 4) is 0 Å². The van der Waals surface area contributed by atoms with E-state index >= 15 is 0 Å². The number of nitrogens with zero attached hydrogens (tertiary/aromatic N) is 1. The van der Waals surface area contributed by atoms with Gasteiger partial charge >= 0.3 is 0 Å². The average molecular weight is 196 g/mol. The van der Waals surface area contributed by atoms with Crippen LogP contribution in [0.2, 0.25) is 0 Å². The fourth-order valence-corrected chi connectivity index (χ4v) is 0.662. The number of amides is 1. The molecular weight excluding hydrogens is 182 g/mol. The normalized spacial score (nSPS) is 10.5. The maximum absolute atomic E-state index is 11.8. The summed E-state index contributed by atoms with van der Waals surface area (Å²) in [5.74, 6) is -0.464. The second kappa shape index (κ2) is 6.73. The number of ether oxygens (including phenoxy) is 1. The molecule has 1 amide bonds. The van der Waals surface area contributed by atoms with Crippen molar-refractivity contribution in [1.82, 2.24) is 4.90 Å². The van der Waals surface area contributed by atoms with Gasteiger partial charge in [0.25, 0.3) is 6.43 Å². The van der Waals surface area contributed by atoms with Gasteiger partial charge in [-0.2, -0.15) is 0 Å². The smallest absolute Gasteiger partial charge is 0.255 e. The molecule has 2 N–H and O–H groups in total. The molecule has 0 rings (SSSR count). The molecular formula is C7H14F2N2O2. The Labute approximate surface area is 75.6 Å². The molecule has 0 aliphatic rings. The molecule has 0 unspecified atom stereocenters. The van der Waals surface area contributed by atoms with E-state index in [0.717, 1.165) is 4.90 Å². The molecule has 0 radical (unpaired) electrons. The van der Waals surface area contributed by atoms with Gasteiger partial charge in [-0.15, -0.1) is 0 Å². The number of halogens is 2. The Hall–Kier alpha value is -0.750. The zero-order valence-electron chi connectivity index (χ0n) is 7.50. The van der Waals surface area contributed by atoms with Gasteiger partial charge in [0.2, 0.25) is 5.91 Å². The van der Waals surface area contributed by atoms with Crippen LogP contribution < -0.4 is 5.73 Å². The van der Waals surface area contributed by atoms with Gasteiger partial charge in [0.05, 0.1) is 13.2 Å². The Balaban J connectivity index is 3.57. The molecule has 0 heterocycles. The molecule has 0 aromatic carbocycles. The molecule has 13 heavy (non-hydrogen) atoms. The lowest BCUT2D eigenvalue weighted by Crippen LogP contribution is -2.34. The van der Waals surface area contributed by atoms with Crippen molar-refractivity contribution in [2.75, 3.05) is 33.4 Å². The van der Waals surface area contributed by atoms with Gasteiger partial charge in [-0.3, -0.25) is 4.79 Å². The van der Waals surface area contributed by atoms with E-state index in [9.17, 15) is 13.6 Å². The number of hydrogen-bond donors (Lipinski definition) is 1. The SMILES string of the molecule is CN(CC(F)F)C(=O)COCCN. The predicted molar refractivity (Wildman–Crippen MR) is 43.5 cm³/mol. The Morgan fingerprint density at radius 2 is 2.23 bits per heavy atom. The lowest BCUT2D eigenvalue weighted by molar-refractivity contribution is -0.136. The van der Waals surface area contributed by atoms with Gasteiger partial charge in [-0.25, -0.2) is 8.78 Å². The van der Waals surface area contributed by atoms with Gasteiger partial charge < -0.3 is 15.4 Å². The number of alkyl halides is 2. The lowest BCUT2D eigenvalue weighted by atomic mass is 10.5. The highest BCUT2D eigenvalue weighted by atomic mass is 19.3. The quantitative estimate of drug-likeness (QED) is 0.592. The molecule has 6 heteroatoms. The van der Waals surface area contributed by atoms with Crippen molar-refractivity contribution < 1.29 is 18.3 Å². The second-order valence-electron chi connectivity index (χ2n) is 2.51. The zero-order valence-corrected chi connectivity index (χ0v) is 7.50. The minimum absolute atomic E-state index is 0.194. The summed E-state index contributed by atoms with van der Waals surface area (Å²) in [4.78, 5) is 11.9. The molecule has 0 saturated heterocycles. The summed E-state index contributed by atoms with van der Waals surface area (Å²) in [7, 11) is 1.31. The van der Waals surface area contributed by atoms with Crippen LogP contribution >= 0.6 is 0 Å². The van der Waals surface area contributed by atoms with Gasteiger partial charge in [-0.1, -0.05) is 0 Å². The number of hydrogen-bond acceptors (Lipinski definition) is 3. The molecule has 0 saturated carbocycles. The van der Waals surface area contributed by atoms with Crippen LogP contribution in [-0.2, 0) is 9.53 Å². The molecule has 78 valence electrons. The summed E-state index contributed by atoms with van der Waals surface area (Å²) in [5, 5.41) is 0. The van der Waals surface area contributed by atoms with E-state index in [1.807, 2.05) is 0 Å². The van der Waals surface area contributed by atoms with Crippen LogP contribution in [0.15, 0.2) is 0 Å². The van der Waals surface area contributed by atoms with Gasteiger partial charge in [-0.05, 0) is 0 Å². The maximum Gasteiger partial charge on any atom is 0.255 e. The van der Waals surface area contributed by atoms with Crippen molar-refractivity contribution >= 4 is 5.91 Å². The maximum atomic E-state index is 11.8. The third-order valence-electron chi connectivity index (χ3n) is 1.33. The number of likely N-dealkylation sites (N-methyl/N-ethyl adjacent to an activating group) is 1. The summed E-state index contributed by atoms with van der Waals surface area (Å²) < 4.78 is 28.3. The summed E-state index contributed by atoms with van der Waals surface area (Å²) in [6.07, 6.45) is -2.51. The highest BCUT2D eigenvalue weighted by Gasteiger charge is 2.13. The minimum Gasteiger partial charge on any atom is -0.370 e. The highest BCUT2D eigenvalue weighted by molar-refractivity contribution is 5.77. The van der Waals surface area contributed by atoms with Crippen LogP contribution in [0.1, 0.15) is 0 Å². The standard InChI is InChI=1S/C7H14F2N2O2/c1-11(4-6(8)9)7(12)5-13-3-2-10/h6H,2-5,10H2,1H3. The topological polar surface area (TPSA) is 55.6 Å². The number of carbonyl (C=O) groups excluding carboxylic acids is 1. The first kappa shape index (κ1) is 12.2. The van der Waals surface area contributed by atoms with Crippen LogP contribution in [0, 0.1) is 0 Å². The van der Waals surface area contributed by atoms with E-state index in [1.54, 1.807) is 0 Å². The van der Waals surface area contributed by atoms with E-state index in [1.165, 1.54) is 7.05 Å². The minimum atomic E-state index is -2.51. The summed E-state index contributed by atoms with van der Waals surface area (Å²) in [5.41, 5.74) is 5.10. The molecule has 0 aliphatic heterocycles. The first-order chi connectivity index (χ1) is 6.07. The van der Waals surface area contributed by atoms with Crippen molar-refractivity contribution in [3.05, 3.63) is 0 Å². The van der Waals surface area contributed by atoms with Crippen LogP contribution in [0.4, 0.5) is 8.78 Å². The third kappa shape index (κ3) is 6.41. The van der Waals surface area contributed by atoms with E-state index < -0.39 is 18.9 Å². The predicted octanol–water partition coefficient (Wildman–Crippen LogP) is -0.315. The van der Waals surface area contributed by atoms with Crippen LogP contribution in [0.3, 0.4) is 0 Å². The molecule has 0 fully saturated rings. The van der Waals surface area contributed by atoms with E-state index in [2.05, 4.69) is 0 Å². The molecule has 0 spiro atoms. The highest BCUT2D eigenvalue weighted by Crippen LogP contribution is 1.96. The first-order valence-electron chi connectivity index (χ1n) is 3.88. The van der Waals surface area contributed by atoms with E-state index in [0.29, 0.717) is 6.54 Å². The van der Waals surface area contributed by atoms with Crippen molar-refractivity contribution in [1.29, 1.82) is 0 Å². The fourth-order valence-electron chi connectivity index (χ4n) is 0.662. The van der Waals surface area contributed by atoms with Crippen molar-refractivity contribution in [3.63, 3.8) is 0 Å². The Bertz CT molecular complexity index is 155. The van der Waals surface area contributed by atoms with Crippen LogP contribution in [0.25, 0.3) is 0 Å². The van der Waals surface area contributed by atoms with E-state index in [-0.39, 0.29) is 13.2 Å². The lowest BCUT2D eigenvalue weighted by Gasteiger charge is -2.16. The summed E-state index contributed by atoms with van der Waals surface area (Å²) in [6, 6.07) is 0. The monoisotopic (exact) mass is 196 g/mol. The summed E-state index contributed by atoms with van der Waals surface area (Å²) >= 11 is 0. The summed E-state index contributed by atoms with van der Waals surface area (Å²) in [6.45, 7) is -0.189. The Kier molecular flexibility index (Phi) is 6.34. The van der Waals surface area contributed by atoms with E-state index in [4.69, 9.17) is 10.5 Å². The number of nitrogens with two attached hydrogens (primary N) is 1. The molecule has 0 atom stereocenters. The Morgan fingerprint density at radius 1 is 1.62 bits per heavy atom. The molecule has 0 aromatic rings. The zero-order chi connectivity index (χ0) is 10.3. The van der Waals surface area contributed by atoms with Gasteiger partial charge in [0, 0.05) is 13.6 Å². The van der Waals surface area contributed by atoms with Gasteiger partial charge in [0.1, 0.15) is 6.61 Å². The van der Waals surface area contributed by atoms with Crippen LogP contribution in [-0.4, -0.2) is 50.6 Å². The number of carbonyl (C=O) groups is 1. The van der Waals surface area contributed by atoms with Crippen LogP contribution in [0.5, 0.6) is 0 Å². The first-order valence-corrected chi connectivity index (χ1v) is 3.88. The van der Waals surface area contributed by atoms with Gasteiger partial charge in [0.15, 0.2) is 0 Å². The molecule has 0 aliphatic carbocycles.